The highest BCUT2D eigenvalue weighted by Crippen LogP contribution is 2.51. The van der Waals surface area contributed by atoms with Gasteiger partial charge in [-0.05, 0) is 43.2 Å². The van der Waals surface area contributed by atoms with Gasteiger partial charge in [-0.15, -0.1) is 0 Å². The van der Waals surface area contributed by atoms with Crippen molar-refractivity contribution in [3.05, 3.63) is 53.3 Å². The molecule has 3 atom stereocenters. The summed E-state index contributed by atoms with van der Waals surface area (Å²) in [5.74, 6) is -0.486. The summed E-state index contributed by atoms with van der Waals surface area (Å²) < 4.78 is 26.9. The number of halogens is 1. The van der Waals surface area contributed by atoms with Crippen LogP contribution in [0.1, 0.15) is 30.9 Å². The van der Waals surface area contributed by atoms with Crippen molar-refractivity contribution in [3.8, 4) is 17.6 Å². The number of para-hydroxylation sites is 1. The molecular weight excluding hydrogens is 345 g/mol. The summed E-state index contributed by atoms with van der Waals surface area (Å²) in [7, 11) is 0. The average molecular weight is 365 g/mol. The SMILES string of the molecule is C[C@@]1(c2ccc(C#N)cc2F)Oc2cccc(N3CCN[C@@H]4CC[C@@H]43)c2O1. The van der Waals surface area contributed by atoms with Gasteiger partial charge in [-0.1, -0.05) is 6.07 Å². The van der Waals surface area contributed by atoms with Gasteiger partial charge in [-0.2, -0.15) is 5.26 Å². The maximum absolute atomic E-state index is 14.6. The highest BCUT2D eigenvalue weighted by molar-refractivity contribution is 5.67. The second-order valence-corrected chi connectivity index (χ2v) is 7.46. The van der Waals surface area contributed by atoms with E-state index < -0.39 is 11.6 Å². The van der Waals surface area contributed by atoms with E-state index in [2.05, 4.69) is 10.2 Å². The van der Waals surface area contributed by atoms with Gasteiger partial charge in [-0.25, -0.2) is 4.39 Å². The molecule has 138 valence electrons. The van der Waals surface area contributed by atoms with Gasteiger partial charge in [0.15, 0.2) is 11.5 Å². The van der Waals surface area contributed by atoms with E-state index in [4.69, 9.17) is 14.7 Å². The normalized spacial score (nSPS) is 28.3. The van der Waals surface area contributed by atoms with Crippen molar-refractivity contribution in [2.75, 3.05) is 18.0 Å². The Morgan fingerprint density at radius 1 is 1.26 bits per heavy atom. The molecule has 0 spiro atoms. The van der Waals surface area contributed by atoms with Crippen LogP contribution < -0.4 is 19.7 Å². The van der Waals surface area contributed by atoms with E-state index >= 15 is 0 Å². The number of benzene rings is 2. The quantitative estimate of drug-likeness (QED) is 0.885. The lowest BCUT2D eigenvalue weighted by atomic mass is 9.83. The van der Waals surface area contributed by atoms with Crippen molar-refractivity contribution in [1.29, 1.82) is 5.26 Å². The Morgan fingerprint density at radius 2 is 2.15 bits per heavy atom. The van der Waals surface area contributed by atoms with Gasteiger partial charge in [0.25, 0.3) is 5.79 Å². The molecule has 5 nitrogen and oxygen atoms in total. The number of piperazine rings is 1. The van der Waals surface area contributed by atoms with Gasteiger partial charge >= 0.3 is 0 Å². The molecule has 1 N–H and O–H groups in total. The Kier molecular flexibility index (Phi) is 3.56. The first-order valence-electron chi connectivity index (χ1n) is 9.30. The summed E-state index contributed by atoms with van der Waals surface area (Å²) in [6, 6.07) is 13.1. The topological polar surface area (TPSA) is 57.5 Å². The zero-order valence-corrected chi connectivity index (χ0v) is 15.0. The summed E-state index contributed by atoms with van der Waals surface area (Å²) >= 11 is 0. The number of anilines is 1. The van der Waals surface area contributed by atoms with E-state index in [0.717, 1.165) is 25.2 Å². The molecule has 0 amide bonds. The van der Waals surface area contributed by atoms with E-state index in [1.165, 1.54) is 12.5 Å². The summed E-state index contributed by atoms with van der Waals surface area (Å²) in [6.07, 6.45) is 2.35. The van der Waals surface area contributed by atoms with Crippen molar-refractivity contribution in [2.45, 2.75) is 37.6 Å². The maximum Gasteiger partial charge on any atom is 0.278 e. The first-order valence-corrected chi connectivity index (χ1v) is 9.30. The molecule has 0 radical (unpaired) electrons. The first kappa shape index (κ1) is 16.4. The van der Waals surface area contributed by atoms with Gasteiger partial charge in [0, 0.05) is 32.1 Å². The third-order valence-corrected chi connectivity index (χ3v) is 5.85. The summed E-state index contributed by atoms with van der Waals surface area (Å²) in [5.41, 5.74) is 1.56. The first-order chi connectivity index (χ1) is 13.1. The summed E-state index contributed by atoms with van der Waals surface area (Å²) in [4.78, 5) is 2.38. The fraction of sp³-hybridized carbons (Fsp3) is 0.381. The number of ether oxygens (including phenoxy) is 2. The molecule has 0 aromatic heterocycles. The lowest BCUT2D eigenvalue weighted by Crippen LogP contribution is -2.63. The average Bonchev–Trinajstić information content (AvgIpc) is 2.99. The monoisotopic (exact) mass is 365 g/mol. The van der Waals surface area contributed by atoms with E-state index in [1.54, 1.807) is 19.1 Å². The second kappa shape index (κ2) is 5.86. The third-order valence-electron chi connectivity index (χ3n) is 5.85. The van der Waals surface area contributed by atoms with Crippen molar-refractivity contribution in [1.82, 2.24) is 5.32 Å². The van der Waals surface area contributed by atoms with Gasteiger partial charge in [0.05, 0.1) is 22.9 Å². The van der Waals surface area contributed by atoms with E-state index in [9.17, 15) is 4.39 Å². The molecule has 0 unspecified atom stereocenters. The molecule has 2 aromatic carbocycles. The molecule has 0 bridgehead atoms. The molecule has 2 aliphatic heterocycles. The predicted octanol–water partition coefficient (Wildman–Crippen LogP) is 3.28. The molecule has 5 rings (SSSR count). The molecule has 2 fully saturated rings. The molecule has 1 saturated carbocycles. The minimum absolute atomic E-state index is 0.271. The van der Waals surface area contributed by atoms with Crippen LogP contribution in [-0.2, 0) is 5.79 Å². The van der Waals surface area contributed by atoms with Crippen molar-refractivity contribution in [2.24, 2.45) is 0 Å². The van der Waals surface area contributed by atoms with Crippen LogP contribution in [0.2, 0.25) is 0 Å². The Balaban J connectivity index is 1.51. The van der Waals surface area contributed by atoms with Crippen LogP contribution in [0.25, 0.3) is 0 Å². The molecular formula is C21H20FN3O2. The number of nitrogens with zero attached hydrogens (tertiary/aromatic N) is 2. The van der Waals surface area contributed by atoms with Gasteiger partial charge in [-0.3, -0.25) is 0 Å². The lowest BCUT2D eigenvalue weighted by Gasteiger charge is -2.50. The Morgan fingerprint density at radius 3 is 2.89 bits per heavy atom. The fourth-order valence-electron chi connectivity index (χ4n) is 4.33. The lowest BCUT2D eigenvalue weighted by molar-refractivity contribution is -0.0706. The van der Waals surface area contributed by atoms with Gasteiger partial charge < -0.3 is 19.7 Å². The predicted molar refractivity (Wildman–Crippen MR) is 98.3 cm³/mol. The molecule has 1 aliphatic carbocycles. The third kappa shape index (κ3) is 2.46. The van der Waals surface area contributed by atoms with E-state index in [1.807, 2.05) is 24.3 Å². The second-order valence-electron chi connectivity index (χ2n) is 7.46. The largest absolute Gasteiger partial charge is 0.444 e. The van der Waals surface area contributed by atoms with Crippen LogP contribution in [0, 0.1) is 17.1 Å². The highest BCUT2D eigenvalue weighted by atomic mass is 19.1. The molecule has 27 heavy (non-hydrogen) atoms. The zero-order chi connectivity index (χ0) is 18.6. The standard InChI is InChI=1S/C21H20FN3O2/c1-21(14-6-5-13(12-23)11-15(14)22)26-19-4-2-3-18(20(19)27-21)25-10-9-24-16-7-8-17(16)25/h2-6,11,16-17,24H,7-10H2,1H3/t16-,17+,21-/m1/s1. The zero-order valence-electron chi connectivity index (χ0n) is 15.0. The van der Waals surface area contributed by atoms with Crippen molar-refractivity contribution in [3.63, 3.8) is 0 Å². The van der Waals surface area contributed by atoms with Crippen LogP contribution in [0.4, 0.5) is 10.1 Å². The number of nitrogens with one attached hydrogen (secondary N) is 1. The highest BCUT2D eigenvalue weighted by Gasteiger charge is 2.45. The van der Waals surface area contributed by atoms with Crippen LogP contribution in [0.15, 0.2) is 36.4 Å². The maximum atomic E-state index is 14.6. The number of hydrogen-bond donors (Lipinski definition) is 1. The minimum Gasteiger partial charge on any atom is -0.444 e. The number of rotatable bonds is 2. The summed E-state index contributed by atoms with van der Waals surface area (Å²) in [6.45, 7) is 3.56. The van der Waals surface area contributed by atoms with Crippen molar-refractivity contribution >= 4 is 5.69 Å². The molecule has 6 heteroatoms. The Bertz CT molecular complexity index is 957. The molecule has 3 aliphatic rings. The molecule has 1 saturated heterocycles. The molecule has 2 aromatic rings. The van der Waals surface area contributed by atoms with E-state index in [-0.39, 0.29) is 11.1 Å². The van der Waals surface area contributed by atoms with Gasteiger partial charge in [0.2, 0.25) is 0 Å². The van der Waals surface area contributed by atoms with Crippen LogP contribution >= 0.6 is 0 Å². The van der Waals surface area contributed by atoms with Gasteiger partial charge in [0.1, 0.15) is 5.82 Å². The van der Waals surface area contributed by atoms with Crippen LogP contribution in [-0.4, -0.2) is 25.2 Å². The Labute approximate surface area is 157 Å². The number of fused-ring (bicyclic) bond motifs is 2. The van der Waals surface area contributed by atoms with Crippen LogP contribution in [0.3, 0.4) is 0 Å². The van der Waals surface area contributed by atoms with Crippen molar-refractivity contribution < 1.29 is 13.9 Å². The van der Waals surface area contributed by atoms with E-state index in [0.29, 0.717) is 23.6 Å². The number of nitriles is 1. The minimum atomic E-state index is -1.26. The number of hydrogen-bond acceptors (Lipinski definition) is 5. The summed E-state index contributed by atoms with van der Waals surface area (Å²) in [5, 5.41) is 12.5. The molecule has 2 heterocycles. The Hall–Kier alpha value is -2.78. The fourth-order valence-corrected chi connectivity index (χ4v) is 4.33. The smallest absolute Gasteiger partial charge is 0.278 e. The van der Waals surface area contributed by atoms with Crippen LogP contribution in [0.5, 0.6) is 11.5 Å².